The first-order chi connectivity index (χ1) is 8.38. The molecule has 0 atom stereocenters. The second kappa shape index (κ2) is 4.08. The number of aryl methyl sites for hydroxylation is 1. The van der Waals surface area contributed by atoms with Crippen LogP contribution in [-0.4, -0.2) is 29.2 Å². The average Bonchev–Trinajstić information content (AvgIpc) is 2.98. The molecule has 0 amide bonds. The van der Waals surface area contributed by atoms with E-state index < -0.39 is 0 Å². The van der Waals surface area contributed by atoms with Crippen molar-refractivity contribution in [3.8, 4) is 0 Å². The molecule has 17 heavy (non-hydrogen) atoms. The van der Waals surface area contributed by atoms with Crippen molar-refractivity contribution in [2.45, 2.75) is 13.3 Å². The third-order valence-electron chi connectivity index (χ3n) is 3.01. The molecular weight excluding hydrogens is 214 g/mol. The predicted molar refractivity (Wildman–Crippen MR) is 69.4 cm³/mol. The lowest BCUT2D eigenvalue weighted by Gasteiger charge is -2.11. The van der Waals surface area contributed by atoms with E-state index in [9.17, 15) is 0 Å². The van der Waals surface area contributed by atoms with Crippen LogP contribution in [0.25, 0.3) is 10.9 Å². The number of anilines is 1. The zero-order valence-electron chi connectivity index (χ0n) is 9.75. The Bertz CT molecular complexity index is 569. The molecule has 0 bridgehead atoms. The lowest BCUT2D eigenvalue weighted by atomic mass is 10.1. The highest BCUT2D eigenvalue weighted by molar-refractivity contribution is 5.98. The van der Waals surface area contributed by atoms with Crippen molar-refractivity contribution in [2.24, 2.45) is 4.99 Å². The smallest absolute Gasteiger partial charge is 0.195 e. The Morgan fingerprint density at radius 1 is 1.41 bits per heavy atom. The van der Waals surface area contributed by atoms with Crippen LogP contribution in [0.15, 0.2) is 23.3 Å². The van der Waals surface area contributed by atoms with Crippen LogP contribution in [0, 0.1) is 0 Å². The van der Waals surface area contributed by atoms with Crippen LogP contribution in [0.1, 0.15) is 12.5 Å². The molecule has 0 saturated heterocycles. The Balaban J connectivity index is 2.02. The van der Waals surface area contributed by atoms with Crippen molar-refractivity contribution in [3.63, 3.8) is 0 Å². The number of H-pyrrole nitrogens is 1. The number of hydrogen-bond acceptors (Lipinski definition) is 4. The molecule has 0 radical (unpaired) electrons. The van der Waals surface area contributed by atoms with Gasteiger partial charge in [0.25, 0.3) is 0 Å². The molecule has 3 rings (SSSR count). The number of fused-ring (bicyclic) bond motifs is 1. The molecule has 2 aromatic rings. The van der Waals surface area contributed by atoms with Crippen LogP contribution >= 0.6 is 0 Å². The predicted octanol–water partition coefficient (Wildman–Crippen LogP) is 1.50. The monoisotopic (exact) mass is 229 g/mol. The van der Waals surface area contributed by atoms with Crippen molar-refractivity contribution in [2.75, 3.05) is 18.4 Å². The first kappa shape index (κ1) is 10.1. The highest BCUT2D eigenvalue weighted by Crippen LogP contribution is 2.25. The largest absolute Gasteiger partial charge is 0.354 e. The minimum Gasteiger partial charge on any atom is -0.354 e. The molecular formula is C12H15N5. The molecule has 1 aliphatic rings. The normalized spacial score (nSPS) is 14.8. The van der Waals surface area contributed by atoms with Gasteiger partial charge in [-0.3, -0.25) is 10.1 Å². The molecule has 0 unspecified atom stereocenters. The van der Waals surface area contributed by atoms with E-state index in [0.717, 1.165) is 42.1 Å². The molecule has 2 heterocycles. The van der Waals surface area contributed by atoms with E-state index in [1.165, 1.54) is 5.56 Å². The zero-order valence-corrected chi connectivity index (χ0v) is 9.75. The summed E-state index contributed by atoms with van der Waals surface area (Å²) in [5.74, 6) is 0.860. The molecule has 1 aromatic carbocycles. The van der Waals surface area contributed by atoms with Gasteiger partial charge in [-0.1, -0.05) is 6.92 Å². The minimum atomic E-state index is 0.843. The van der Waals surface area contributed by atoms with Gasteiger partial charge in [0.05, 0.1) is 18.3 Å². The van der Waals surface area contributed by atoms with Crippen molar-refractivity contribution in [1.29, 1.82) is 0 Å². The number of aliphatic imine (C=N–C) groups is 1. The van der Waals surface area contributed by atoms with E-state index in [0.29, 0.717) is 0 Å². The molecule has 5 nitrogen and oxygen atoms in total. The third-order valence-corrected chi connectivity index (χ3v) is 3.01. The van der Waals surface area contributed by atoms with Crippen LogP contribution < -0.4 is 10.6 Å². The Hall–Kier alpha value is -2.04. The number of nitrogens with zero attached hydrogens (tertiary/aromatic N) is 2. The maximum atomic E-state index is 4.34. The first-order valence-corrected chi connectivity index (χ1v) is 5.89. The number of nitrogens with one attached hydrogen (secondary N) is 3. The van der Waals surface area contributed by atoms with Gasteiger partial charge in [0.1, 0.15) is 0 Å². The first-order valence-electron chi connectivity index (χ1n) is 5.89. The fourth-order valence-corrected chi connectivity index (χ4v) is 2.17. The molecule has 1 aliphatic heterocycles. The Morgan fingerprint density at radius 3 is 3.12 bits per heavy atom. The van der Waals surface area contributed by atoms with Gasteiger partial charge in [0.15, 0.2) is 5.96 Å². The zero-order chi connectivity index (χ0) is 11.7. The summed E-state index contributed by atoms with van der Waals surface area (Å²) >= 11 is 0. The van der Waals surface area contributed by atoms with Gasteiger partial charge in [0, 0.05) is 23.2 Å². The van der Waals surface area contributed by atoms with E-state index >= 15 is 0 Å². The summed E-state index contributed by atoms with van der Waals surface area (Å²) in [7, 11) is 0. The van der Waals surface area contributed by atoms with Gasteiger partial charge in [-0.15, -0.1) is 0 Å². The maximum Gasteiger partial charge on any atom is 0.195 e. The maximum absolute atomic E-state index is 4.34. The fourth-order valence-electron chi connectivity index (χ4n) is 2.17. The van der Waals surface area contributed by atoms with Crippen molar-refractivity contribution < 1.29 is 0 Å². The molecule has 0 saturated carbocycles. The summed E-state index contributed by atoms with van der Waals surface area (Å²) in [5.41, 5.74) is 3.45. The van der Waals surface area contributed by atoms with E-state index in [4.69, 9.17) is 0 Å². The van der Waals surface area contributed by atoms with Crippen LogP contribution in [-0.2, 0) is 6.42 Å². The average molecular weight is 229 g/mol. The van der Waals surface area contributed by atoms with Gasteiger partial charge in [0.2, 0.25) is 0 Å². The molecule has 0 spiro atoms. The van der Waals surface area contributed by atoms with Crippen LogP contribution in [0.5, 0.6) is 0 Å². The van der Waals surface area contributed by atoms with Crippen LogP contribution in [0.3, 0.4) is 0 Å². The number of guanidine groups is 1. The van der Waals surface area contributed by atoms with Crippen molar-refractivity contribution in [1.82, 2.24) is 15.5 Å². The second-order valence-corrected chi connectivity index (χ2v) is 4.06. The summed E-state index contributed by atoms with van der Waals surface area (Å²) in [5, 5.41) is 14.8. The second-order valence-electron chi connectivity index (χ2n) is 4.06. The summed E-state index contributed by atoms with van der Waals surface area (Å²) in [4.78, 5) is 4.34. The number of aromatic amines is 1. The van der Waals surface area contributed by atoms with E-state index in [1.54, 1.807) is 0 Å². The van der Waals surface area contributed by atoms with Gasteiger partial charge in [-0.25, -0.2) is 0 Å². The summed E-state index contributed by atoms with van der Waals surface area (Å²) in [6.07, 6.45) is 2.80. The Morgan fingerprint density at radius 2 is 2.35 bits per heavy atom. The molecule has 1 aromatic heterocycles. The lowest BCUT2D eigenvalue weighted by Crippen LogP contribution is -2.26. The number of aromatic nitrogens is 2. The highest BCUT2D eigenvalue weighted by Gasteiger charge is 2.11. The third kappa shape index (κ3) is 1.73. The van der Waals surface area contributed by atoms with Crippen LogP contribution in [0.2, 0.25) is 0 Å². The summed E-state index contributed by atoms with van der Waals surface area (Å²) in [6, 6.07) is 4.15. The molecule has 88 valence electrons. The molecule has 0 fully saturated rings. The molecule has 0 aliphatic carbocycles. The topological polar surface area (TPSA) is 65.1 Å². The summed E-state index contributed by atoms with van der Waals surface area (Å²) in [6.45, 7) is 3.90. The number of hydrogen-bond donors (Lipinski definition) is 3. The standard InChI is InChI=1S/C12H15N5/c1-2-9-10(16-12-13-5-6-14-12)4-3-8-7-15-17-11(8)9/h3-4,7H,2,5-6H2,1H3,(H,15,17)(H2,13,14,16). The van der Waals surface area contributed by atoms with E-state index in [-0.39, 0.29) is 0 Å². The van der Waals surface area contributed by atoms with Gasteiger partial charge in [-0.05, 0) is 18.6 Å². The Labute approximate surface area is 99.3 Å². The quantitative estimate of drug-likeness (QED) is 0.731. The highest BCUT2D eigenvalue weighted by atomic mass is 15.2. The van der Waals surface area contributed by atoms with Crippen molar-refractivity contribution >= 4 is 22.5 Å². The van der Waals surface area contributed by atoms with Gasteiger partial charge < -0.3 is 10.6 Å². The fraction of sp³-hybridized carbons (Fsp3) is 0.333. The number of rotatable bonds is 2. The Kier molecular flexibility index (Phi) is 2.44. The lowest BCUT2D eigenvalue weighted by molar-refractivity contribution is 0.959. The van der Waals surface area contributed by atoms with E-state index in [1.807, 2.05) is 6.20 Å². The molecule has 3 N–H and O–H groups in total. The van der Waals surface area contributed by atoms with Crippen molar-refractivity contribution in [3.05, 3.63) is 23.9 Å². The van der Waals surface area contributed by atoms with Gasteiger partial charge >= 0.3 is 0 Å². The summed E-state index contributed by atoms with van der Waals surface area (Å²) < 4.78 is 0. The van der Waals surface area contributed by atoms with Gasteiger partial charge in [-0.2, -0.15) is 5.10 Å². The van der Waals surface area contributed by atoms with Crippen LogP contribution in [0.4, 0.5) is 5.69 Å². The minimum absolute atomic E-state index is 0.843. The number of benzene rings is 1. The molecule has 5 heteroatoms. The van der Waals surface area contributed by atoms with E-state index in [2.05, 4.69) is 44.9 Å². The SMILES string of the molecule is CCc1c(NC2=NCCN2)ccc2cn[nH]c12.